The summed E-state index contributed by atoms with van der Waals surface area (Å²) in [5.74, 6) is -0.111. The van der Waals surface area contributed by atoms with Crippen molar-refractivity contribution in [2.24, 2.45) is 0 Å². The summed E-state index contributed by atoms with van der Waals surface area (Å²) in [4.78, 5) is 39.5. The number of nitrogens with one attached hydrogen (secondary N) is 2. The quantitative estimate of drug-likeness (QED) is 0.171. The number of ether oxygens (including phenoxy) is 3. The molecule has 0 bridgehead atoms. The third-order valence-corrected chi connectivity index (χ3v) is 11.2. The number of carbonyl (C=O) groups is 2. The number of nitriles is 1. The van der Waals surface area contributed by atoms with E-state index >= 15 is 4.39 Å². The second kappa shape index (κ2) is 15.8. The number of aromatic nitrogens is 2. The van der Waals surface area contributed by atoms with E-state index in [4.69, 9.17) is 24.2 Å². The normalized spacial score (nSPS) is 19.8. The monoisotopic (exact) mass is 779 g/mol. The Hall–Kier alpha value is -4.35. The van der Waals surface area contributed by atoms with Gasteiger partial charge < -0.3 is 34.4 Å². The molecule has 0 spiro atoms. The molecule has 2 aromatic heterocycles. The van der Waals surface area contributed by atoms with Crippen LogP contribution < -0.4 is 15.5 Å². The summed E-state index contributed by atoms with van der Waals surface area (Å²) >= 11 is 0.911. The summed E-state index contributed by atoms with van der Waals surface area (Å²) in [6, 6.07) is 4.39. The number of hydrogen-bond donors (Lipinski definition) is 3. The van der Waals surface area contributed by atoms with Gasteiger partial charge in [-0.1, -0.05) is 26.3 Å². The second-order valence-corrected chi connectivity index (χ2v) is 16.6. The molecular formula is C38H47FN7O6PS. The number of rotatable bonds is 6. The van der Waals surface area contributed by atoms with Gasteiger partial charge in [0, 0.05) is 50.4 Å². The number of methoxy groups -OCH3 is 1. The van der Waals surface area contributed by atoms with Crippen molar-refractivity contribution in [3.05, 3.63) is 34.6 Å². The number of piperidine rings is 1. The Balaban J connectivity index is 0.00000160. The van der Waals surface area contributed by atoms with E-state index in [1.807, 2.05) is 4.90 Å². The number of hydrogen-bond acceptors (Lipinski definition) is 12. The van der Waals surface area contributed by atoms with E-state index in [1.165, 1.54) is 18.6 Å². The lowest BCUT2D eigenvalue weighted by Crippen LogP contribution is -2.45. The molecular weight excluding hydrogens is 732 g/mol. The second-order valence-electron chi connectivity index (χ2n) is 14.8. The van der Waals surface area contributed by atoms with Crippen LogP contribution in [0.25, 0.3) is 32.1 Å². The van der Waals surface area contributed by atoms with Crippen molar-refractivity contribution in [3.63, 3.8) is 0 Å². The van der Waals surface area contributed by atoms with E-state index in [0.29, 0.717) is 65.5 Å². The topological polar surface area (TPSA) is 162 Å². The van der Waals surface area contributed by atoms with Crippen LogP contribution in [0.5, 0.6) is 5.75 Å². The van der Waals surface area contributed by atoms with Crippen LogP contribution in [-0.4, -0.2) is 89.2 Å². The van der Waals surface area contributed by atoms with Crippen molar-refractivity contribution in [1.29, 1.82) is 5.26 Å². The first-order chi connectivity index (χ1) is 25.7. The Morgan fingerprint density at radius 1 is 1.20 bits per heavy atom. The molecule has 0 aliphatic carbocycles. The number of anilines is 3. The molecule has 5 heterocycles. The maximum Gasteiger partial charge on any atom is 0.412 e. The van der Waals surface area contributed by atoms with E-state index < -0.39 is 23.6 Å². The molecule has 288 valence electrons. The first-order valence-electron chi connectivity index (χ1n) is 18.1. The number of benzene rings is 2. The van der Waals surface area contributed by atoms with Crippen LogP contribution in [0.3, 0.4) is 0 Å². The van der Waals surface area contributed by atoms with Crippen molar-refractivity contribution >= 4 is 70.3 Å². The number of thiophene rings is 1. The zero-order valence-corrected chi connectivity index (χ0v) is 33.6. The van der Waals surface area contributed by atoms with Crippen LogP contribution in [0.15, 0.2) is 12.1 Å². The average Bonchev–Trinajstić information content (AvgIpc) is 3.84. The first kappa shape index (κ1) is 39.3. The minimum Gasteiger partial charge on any atom is -0.505 e. The third kappa shape index (κ3) is 7.49. The molecule has 0 saturated carbocycles. The zero-order chi connectivity index (χ0) is 39.1. The molecule has 2 fully saturated rings. The average molecular weight is 780 g/mol. The number of amides is 2. The molecule has 7 rings (SSSR count). The van der Waals surface area contributed by atoms with Crippen LogP contribution in [0.2, 0.25) is 0 Å². The number of halogens is 1. The number of phenolic OH excluding ortho intramolecular Hbond substituents is 1. The van der Waals surface area contributed by atoms with Gasteiger partial charge in [-0.15, -0.1) is 20.6 Å². The molecule has 4 aromatic rings. The highest BCUT2D eigenvalue weighted by molar-refractivity contribution is 7.23. The molecule has 13 nitrogen and oxygen atoms in total. The molecule has 3 aliphatic rings. The molecule has 4 atom stereocenters. The largest absolute Gasteiger partial charge is 0.505 e. The van der Waals surface area contributed by atoms with E-state index in [9.17, 15) is 20.0 Å². The minimum atomic E-state index is -0.799. The zero-order valence-electron chi connectivity index (χ0n) is 31.6. The van der Waals surface area contributed by atoms with Crippen molar-refractivity contribution in [1.82, 2.24) is 14.9 Å². The Morgan fingerprint density at radius 2 is 1.93 bits per heavy atom. The van der Waals surface area contributed by atoms with Gasteiger partial charge in [-0.2, -0.15) is 10.2 Å². The smallest absolute Gasteiger partial charge is 0.412 e. The Labute approximate surface area is 320 Å². The van der Waals surface area contributed by atoms with Crippen LogP contribution >= 0.6 is 20.6 Å². The fourth-order valence-electron chi connectivity index (χ4n) is 7.09. The first-order valence-corrected chi connectivity index (χ1v) is 19.6. The van der Waals surface area contributed by atoms with Gasteiger partial charge in [-0.25, -0.2) is 14.2 Å². The number of likely N-dealkylation sites (tertiary alicyclic amines) is 1. The molecule has 2 saturated heterocycles. The molecule has 4 unspecified atom stereocenters. The highest BCUT2D eigenvalue weighted by atomic mass is 32.1. The number of aromatic hydroxyl groups is 1. The summed E-state index contributed by atoms with van der Waals surface area (Å²) in [5, 5.41) is 29.6. The molecule has 3 aliphatic heterocycles. The highest BCUT2D eigenvalue weighted by Crippen LogP contribution is 2.51. The van der Waals surface area contributed by atoms with Crippen molar-refractivity contribution in [2.45, 2.75) is 90.5 Å². The predicted octanol–water partition coefficient (Wildman–Crippen LogP) is 7.13. The number of likely N-dealkylation sites (N-methyl/N-ethyl adjacent to an activating group) is 1. The van der Waals surface area contributed by atoms with Crippen molar-refractivity contribution in [2.75, 3.05) is 49.3 Å². The number of carbonyl (C=O) groups excluding carboxylic acids is 2. The fourth-order valence-corrected chi connectivity index (χ4v) is 8.69. The third-order valence-electron chi connectivity index (χ3n) is 9.47. The summed E-state index contributed by atoms with van der Waals surface area (Å²) in [6.07, 6.45) is 1.80. The van der Waals surface area contributed by atoms with Crippen LogP contribution in [0.4, 0.5) is 26.0 Å². The Morgan fingerprint density at radius 3 is 2.59 bits per heavy atom. The molecule has 2 amide bonds. The lowest BCUT2D eigenvalue weighted by molar-refractivity contribution is -0.132. The Bertz CT molecular complexity index is 2150. The lowest BCUT2D eigenvalue weighted by atomic mass is 9.90. The maximum absolute atomic E-state index is 15.5. The van der Waals surface area contributed by atoms with Crippen molar-refractivity contribution in [3.8, 4) is 22.9 Å². The number of nitrogens with zero attached hydrogens (tertiary/aromatic N) is 5. The number of fused-ring (bicyclic) bond motifs is 4. The standard InChI is InChI=1S/C35H39FN7O6PS.C3H8/c1-35(2,3)49-34(46)41-31-17(11-37)25-16(8-9-20(36)29(25)51-31)24-18-14-48-15-19(18)26-27(28(24)44)39-33(43-12-22(47-5)23(50)13-43)40-30(26)38-21-7-6-10-42(4)32(21)45;1-3-2/h8-9,21-23,44H,6-7,10,12-15,50H2,1-5H3,(H,41,46)(H,38,39,40);3H2,1-2H3. The molecule has 3 N–H and O–H groups in total. The fraction of sp³-hybridized carbons (Fsp3) is 0.500. The summed E-state index contributed by atoms with van der Waals surface area (Å²) in [7, 11) is 6.23. The molecule has 0 radical (unpaired) electrons. The van der Waals surface area contributed by atoms with Crippen LogP contribution in [0, 0.1) is 17.1 Å². The van der Waals surface area contributed by atoms with Gasteiger partial charge in [0.05, 0.1) is 35.0 Å². The molecule has 54 heavy (non-hydrogen) atoms. The van der Waals surface area contributed by atoms with E-state index in [-0.39, 0.29) is 62.8 Å². The van der Waals surface area contributed by atoms with Crippen LogP contribution in [-0.2, 0) is 32.2 Å². The molecule has 2 aromatic carbocycles. The van der Waals surface area contributed by atoms with E-state index in [0.717, 1.165) is 17.8 Å². The van der Waals surface area contributed by atoms with Gasteiger partial charge in [-0.3, -0.25) is 10.1 Å². The van der Waals surface area contributed by atoms with Gasteiger partial charge in [0.15, 0.2) is 0 Å². The van der Waals surface area contributed by atoms with E-state index in [1.54, 1.807) is 39.8 Å². The number of phenols is 1. The van der Waals surface area contributed by atoms with E-state index in [2.05, 4.69) is 39.8 Å². The van der Waals surface area contributed by atoms with Gasteiger partial charge in [0.2, 0.25) is 11.9 Å². The maximum atomic E-state index is 15.5. The Kier molecular flexibility index (Phi) is 11.5. The predicted molar refractivity (Wildman–Crippen MR) is 212 cm³/mol. The van der Waals surface area contributed by atoms with Gasteiger partial charge in [0.1, 0.15) is 45.6 Å². The SMILES string of the molecule is CCC.COC1CN(c2nc(NC3CCCN(C)C3=O)c3c4c(c(-c5ccc(F)c6sc(NC(=O)OC(C)(C)C)c(C#N)c56)c(O)c3n2)COC4)CC1P. The molecule has 16 heteroatoms. The van der Waals surface area contributed by atoms with Gasteiger partial charge in [0.25, 0.3) is 0 Å². The van der Waals surface area contributed by atoms with Crippen molar-refractivity contribution < 1.29 is 33.3 Å². The lowest BCUT2D eigenvalue weighted by Gasteiger charge is -2.30. The summed E-state index contributed by atoms with van der Waals surface area (Å²) in [5.41, 5.74) is 1.61. The highest BCUT2D eigenvalue weighted by Gasteiger charge is 2.36. The van der Waals surface area contributed by atoms with Gasteiger partial charge >= 0.3 is 6.09 Å². The summed E-state index contributed by atoms with van der Waals surface area (Å²) in [6.45, 7) is 11.4. The summed E-state index contributed by atoms with van der Waals surface area (Å²) < 4.78 is 32.7. The minimum absolute atomic E-state index is 0.0300. The van der Waals surface area contributed by atoms with Crippen LogP contribution in [0.1, 0.15) is 70.6 Å². The van der Waals surface area contributed by atoms with Gasteiger partial charge in [-0.05, 0) is 56.4 Å².